The second kappa shape index (κ2) is 7.67. The van der Waals surface area contributed by atoms with Crippen LogP contribution in [0.15, 0.2) is 72.8 Å². The number of carbonyl (C=O) groups is 2. The third kappa shape index (κ3) is 3.86. The molecule has 0 aliphatic rings. The van der Waals surface area contributed by atoms with Crippen LogP contribution in [0, 0.1) is 0 Å². The van der Waals surface area contributed by atoms with Gasteiger partial charge in [0.15, 0.2) is 0 Å². The van der Waals surface area contributed by atoms with E-state index in [1.807, 2.05) is 36.4 Å². The van der Waals surface area contributed by atoms with E-state index in [1.165, 1.54) is 6.07 Å². The third-order valence-electron chi connectivity index (χ3n) is 4.30. The van der Waals surface area contributed by atoms with Crippen LogP contribution < -0.4 is 11.5 Å². The molecule has 4 rings (SSSR count). The summed E-state index contributed by atoms with van der Waals surface area (Å²) in [5.74, 6) is -1.88. The number of fused-ring (bicyclic) bond motifs is 2. The van der Waals surface area contributed by atoms with Gasteiger partial charge in [0.25, 0.3) is 0 Å². The van der Waals surface area contributed by atoms with Gasteiger partial charge in [-0.05, 0) is 41.1 Å². The number of aromatic carboxylic acids is 2. The van der Waals surface area contributed by atoms with Crippen LogP contribution in [0.2, 0.25) is 0 Å². The highest BCUT2D eigenvalue weighted by Crippen LogP contribution is 2.23. The van der Waals surface area contributed by atoms with Gasteiger partial charge in [0.2, 0.25) is 0 Å². The molecular weight excluding hydrogens is 356 g/mol. The SMILES string of the molecule is Nc1cc(C(=O)O)cc2ccccc12.Nc1cccc2cc(C(=O)O)ccc12. The monoisotopic (exact) mass is 374 g/mol. The summed E-state index contributed by atoms with van der Waals surface area (Å²) in [6.45, 7) is 0. The largest absolute Gasteiger partial charge is 0.478 e. The Hall–Kier alpha value is -4.06. The summed E-state index contributed by atoms with van der Waals surface area (Å²) < 4.78 is 0. The van der Waals surface area contributed by atoms with Gasteiger partial charge < -0.3 is 21.7 Å². The number of carboxylic acids is 2. The molecule has 0 aromatic heterocycles. The molecule has 0 atom stereocenters. The lowest BCUT2D eigenvalue weighted by Gasteiger charge is -2.03. The van der Waals surface area contributed by atoms with Crippen LogP contribution in [-0.2, 0) is 0 Å². The Morgan fingerprint density at radius 1 is 0.607 bits per heavy atom. The topological polar surface area (TPSA) is 127 Å². The molecule has 6 N–H and O–H groups in total. The number of carboxylic acid groups (broad SMARTS) is 2. The molecule has 0 heterocycles. The van der Waals surface area contributed by atoms with Gasteiger partial charge in [-0.25, -0.2) is 9.59 Å². The maximum Gasteiger partial charge on any atom is 0.335 e. The van der Waals surface area contributed by atoms with Crippen molar-refractivity contribution in [1.29, 1.82) is 0 Å². The average Bonchev–Trinajstić information content (AvgIpc) is 2.68. The van der Waals surface area contributed by atoms with Crippen molar-refractivity contribution in [2.24, 2.45) is 0 Å². The molecule has 4 aromatic carbocycles. The Morgan fingerprint density at radius 3 is 1.86 bits per heavy atom. The third-order valence-corrected chi connectivity index (χ3v) is 4.30. The summed E-state index contributed by atoms with van der Waals surface area (Å²) in [5.41, 5.74) is 13.1. The van der Waals surface area contributed by atoms with E-state index in [4.69, 9.17) is 21.7 Å². The fraction of sp³-hybridized carbons (Fsp3) is 0. The van der Waals surface area contributed by atoms with Gasteiger partial charge in [0, 0.05) is 22.1 Å². The number of nitrogens with two attached hydrogens (primary N) is 2. The van der Waals surface area contributed by atoms with Gasteiger partial charge in [-0.15, -0.1) is 0 Å². The van der Waals surface area contributed by atoms with Crippen LogP contribution in [0.3, 0.4) is 0 Å². The van der Waals surface area contributed by atoms with Gasteiger partial charge in [0.05, 0.1) is 11.1 Å². The van der Waals surface area contributed by atoms with E-state index in [-0.39, 0.29) is 11.1 Å². The molecule has 0 saturated carbocycles. The van der Waals surface area contributed by atoms with Crippen LogP contribution in [0.5, 0.6) is 0 Å². The smallest absolute Gasteiger partial charge is 0.335 e. The number of nitrogen functional groups attached to an aromatic ring is 2. The standard InChI is InChI=1S/2C11H9NO2/c12-10-3-1-2-7-6-8(11(13)14)4-5-9(7)10;12-10-6-8(11(13)14)5-7-3-1-2-4-9(7)10/h2*1-6H,12H2,(H,13,14). The summed E-state index contributed by atoms with van der Waals surface area (Å²) in [6, 6.07) is 20.9. The molecule has 0 radical (unpaired) electrons. The minimum atomic E-state index is -0.956. The lowest BCUT2D eigenvalue weighted by Crippen LogP contribution is -1.98. The number of anilines is 2. The van der Waals surface area contributed by atoms with Crippen molar-refractivity contribution in [3.05, 3.63) is 83.9 Å². The molecular formula is C22H18N2O4. The molecule has 0 unspecified atom stereocenters. The number of hydrogen-bond acceptors (Lipinski definition) is 4. The lowest BCUT2D eigenvalue weighted by molar-refractivity contribution is 0.0686. The van der Waals surface area contributed by atoms with Gasteiger partial charge in [-0.3, -0.25) is 0 Å². The summed E-state index contributed by atoms with van der Waals surface area (Å²) in [5, 5.41) is 21.1. The van der Waals surface area contributed by atoms with Gasteiger partial charge >= 0.3 is 11.9 Å². The Morgan fingerprint density at radius 2 is 1.18 bits per heavy atom. The fourth-order valence-electron chi connectivity index (χ4n) is 2.91. The van der Waals surface area contributed by atoms with Crippen LogP contribution in [0.4, 0.5) is 11.4 Å². The highest BCUT2D eigenvalue weighted by atomic mass is 16.4. The first-order valence-electron chi connectivity index (χ1n) is 8.40. The van der Waals surface area contributed by atoms with Crippen molar-refractivity contribution in [3.8, 4) is 0 Å². The summed E-state index contributed by atoms with van der Waals surface area (Å²) in [7, 11) is 0. The maximum absolute atomic E-state index is 10.7. The second-order valence-electron chi connectivity index (χ2n) is 6.18. The molecule has 0 spiro atoms. The molecule has 28 heavy (non-hydrogen) atoms. The van der Waals surface area contributed by atoms with E-state index >= 15 is 0 Å². The minimum Gasteiger partial charge on any atom is -0.478 e. The van der Waals surface area contributed by atoms with Crippen molar-refractivity contribution in [1.82, 2.24) is 0 Å². The zero-order chi connectivity index (χ0) is 20.3. The van der Waals surface area contributed by atoms with E-state index < -0.39 is 11.9 Å². The first-order chi connectivity index (χ1) is 13.4. The number of benzene rings is 4. The predicted octanol–water partition coefficient (Wildman–Crippen LogP) is 4.24. The van der Waals surface area contributed by atoms with Crippen molar-refractivity contribution in [2.75, 3.05) is 11.5 Å². The molecule has 6 nitrogen and oxygen atoms in total. The predicted molar refractivity (Wildman–Crippen MR) is 111 cm³/mol. The lowest BCUT2D eigenvalue weighted by atomic mass is 10.1. The van der Waals surface area contributed by atoms with Crippen molar-refractivity contribution < 1.29 is 19.8 Å². The van der Waals surface area contributed by atoms with E-state index in [2.05, 4.69) is 0 Å². The second-order valence-corrected chi connectivity index (χ2v) is 6.18. The minimum absolute atomic E-state index is 0.223. The van der Waals surface area contributed by atoms with Crippen molar-refractivity contribution in [3.63, 3.8) is 0 Å². The Balaban J connectivity index is 0.000000161. The molecule has 0 fully saturated rings. The zero-order valence-corrected chi connectivity index (χ0v) is 14.8. The van der Waals surface area contributed by atoms with Gasteiger partial charge in [-0.2, -0.15) is 0 Å². The molecule has 0 saturated heterocycles. The van der Waals surface area contributed by atoms with E-state index in [0.717, 1.165) is 21.5 Å². The number of rotatable bonds is 2. The highest BCUT2D eigenvalue weighted by Gasteiger charge is 2.06. The summed E-state index contributed by atoms with van der Waals surface area (Å²) in [4.78, 5) is 21.4. The molecule has 4 aromatic rings. The maximum atomic E-state index is 10.7. The van der Waals surface area contributed by atoms with E-state index in [1.54, 1.807) is 30.3 Å². The van der Waals surface area contributed by atoms with Crippen molar-refractivity contribution >= 4 is 44.9 Å². The molecule has 140 valence electrons. The molecule has 6 heteroatoms. The molecule has 0 aliphatic carbocycles. The molecule has 0 aliphatic heterocycles. The Kier molecular flexibility index (Phi) is 5.13. The quantitative estimate of drug-likeness (QED) is 0.389. The Bertz CT molecular complexity index is 1190. The highest BCUT2D eigenvalue weighted by molar-refractivity contribution is 6.00. The average molecular weight is 374 g/mol. The van der Waals surface area contributed by atoms with Crippen LogP contribution in [0.25, 0.3) is 21.5 Å². The first kappa shape index (κ1) is 18.7. The van der Waals surface area contributed by atoms with E-state index in [9.17, 15) is 9.59 Å². The summed E-state index contributed by atoms with van der Waals surface area (Å²) in [6.07, 6.45) is 0. The Labute approximate surface area is 160 Å². The summed E-state index contributed by atoms with van der Waals surface area (Å²) >= 11 is 0. The normalized spacial score (nSPS) is 10.3. The van der Waals surface area contributed by atoms with E-state index in [0.29, 0.717) is 11.4 Å². The molecule has 0 amide bonds. The van der Waals surface area contributed by atoms with Crippen LogP contribution >= 0.6 is 0 Å². The zero-order valence-electron chi connectivity index (χ0n) is 14.8. The van der Waals surface area contributed by atoms with Crippen molar-refractivity contribution in [2.45, 2.75) is 0 Å². The fourth-order valence-corrected chi connectivity index (χ4v) is 2.91. The van der Waals surface area contributed by atoms with Gasteiger partial charge in [-0.1, -0.05) is 42.5 Å². The first-order valence-corrected chi connectivity index (χ1v) is 8.40. The van der Waals surface area contributed by atoms with Crippen LogP contribution in [0.1, 0.15) is 20.7 Å². The van der Waals surface area contributed by atoms with Gasteiger partial charge in [0.1, 0.15) is 0 Å². The number of hydrogen-bond donors (Lipinski definition) is 4. The molecule has 0 bridgehead atoms. The van der Waals surface area contributed by atoms with Crippen LogP contribution in [-0.4, -0.2) is 22.2 Å².